The van der Waals surface area contributed by atoms with Gasteiger partial charge in [-0.25, -0.2) is 0 Å². The molecule has 0 aromatic carbocycles. The zero-order valence-corrected chi connectivity index (χ0v) is 47.6. The molecule has 4 aliphatic carbocycles. The fourth-order valence-corrected chi connectivity index (χ4v) is 12.2. The van der Waals surface area contributed by atoms with Gasteiger partial charge in [0.2, 0.25) is 5.91 Å². The molecule has 0 aromatic heterocycles. The maximum atomic E-state index is 12.8. The molecule has 0 bridgehead atoms. The number of halogens is 1. The minimum atomic E-state index is -0.159. The van der Waals surface area contributed by atoms with E-state index in [9.17, 15) is 9.59 Å². The molecular weight excluding hydrogens is 1010 g/mol. The fourth-order valence-electron chi connectivity index (χ4n) is 12.0. The molecule has 0 spiro atoms. The first-order chi connectivity index (χ1) is 35.6. The summed E-state index contributed by atoms with van der Waals surface area (Å²) >= 11 is 3.09. The van der Waals surface area contributed by atoms with E-state index in [1.165, 1.54) is 51.4 Å². The molecule has 4 aliphatic rings. The molecule has 8 atom stereocenters. The summed E-state index contributed by atoms with van der Waals surface area (Å²) in [5.41, 5.74) is 2.32. The molecular formula is C56H100BrNO15. The Morgan fingerprint density at radius 2 is 1.03 bits per heavy atom. The van der Waals surface area contributed by atoms with Crippen molar-refractivity contribution in [3.63, 3.8) is 0 Å². The lowest BCUT2D eigenvalue weighted by molar-refractivity contribution is -0.152. The van der Waals surface area contributed by atoms with Crippen molar-refractivity contribution >= 4 is 27.8 Å². The molecule has 0 heterocycles. The van der Waals surface area contributed by atoms with Crippen LogP contribution in [-0.2, 0) is 71.2 Å². The van der Waals surface area contributed by atoms with Gasteiger partial charge in [-0.1, -0.05) is 81.5 Å². The van der Waals surface area contributed by atoms with Crippen LogP contribution in [0.15, 0.2) is 11.6 Å². The van der Waals surface area contributed by atoms with Gasteiger partial charge in [-0.15, -0.1) is 0 Å². The third-order valence-corrected chi connectivity index (χ3v) is 16.3. The summed E-state index contributed by atoms with van der Waals surface area (Å²) < 4.78 is 72.4. The number of rotatable bonds is 46. The quantitative estimate of drug-likeness (QED) is 0.0269. The Balaban J connectivity index is 0.829. The Bertz CT molecular complexity index is 1460. The third-order valence-electron chi connectivity index (χ3n) is 15.8. The number of fused-ring (bicyclic) bond motifs is 5. The normalized spacial score (nSPS) is 25.0. The molecule has 1 amide bonds. The first kappa shape index (κ1) is 64.2. The summed E-state index contributed by atoms with van der Waals surface area (Å²) in [6.07, 6.45) is 16.8. The van der Waals surface area contributed by atoms with E-state index in [0.29, 0.717) is 176 Å². The largest absolute Gasteiger partial charge is 0.462 e. The van der Waals surface area contributed by atoms with Crippen LogP contribution in [0.1, 0.15) is 112 Å². The van der Waals surface area contributed by atoms with Gasteiger partial charge in [-0.3, -0.25) is 9.59 Å². The highest BCUT2D eigenvalue weighted by Crippen LogP contribution is 2.67. The van der Waals surface area contributed by atoms with Gasteiger partial charge in [0.25, 0.3) is 0 Å². The predicted molar refractivity (Wildman–Crippen MR) is 284 cm³/mol. The van der Waals surface area contributed by atoms with E-state index in [1.807, 2.05) is 0 Å². The SMILES string of the molecule is CC(C)CCC[C@@H](C)[C@H]1CC[C@H]2[C@@H]3CC=C4CC(OC(=O)CCOCCOCCOCCOCCOCCOCCOCCOCCOCCOCCOCCOCCNC(=O)CBr)CC[C@]4(C)[C@H]3CC[C@]12C. The average Bonchev–Trinajstić information content (AvgIpc) is 3.74. The van der Waals surface area contributed by atoms with E-state index >= 15 is 0 Å². The lowest BCUT2D eigenvalue weighted by Crippen LogP contribution is -2.51. The van der Waals surface area contributed by atoms with Gasteiger partial charge in [0.1, 0.15) is 6.10 Å². The number of carbonyl (C=O) groups is 2. The van der Waals surface area contributed by atoms with Crippen molar-refractivity contribution in [3.05, 3.63) is 11.6 Å². The summed E-state index contributed by atoms with van der Waals surface area (Å²) in [6, 6.07) is 0. The zero-order valence-electron chi connectivity index (χ0n) is 46.0. The highest BCUT2D eigenvalue weighted by atomic mass is 79.9. The molecule has 3 saturated carbocycles. The summed E-state index contributed by atoms with van der Waals surface area (Å²) in [5, 5.41) is 3.00. The highest BCUT2D eigenvalue weighted by molar-refractivity contribution is 9.09. The summed E-state index contributed by atoms with van der Waals surface area (Å²) in [6.45, 7) is 24.4. The van der Waals surface area contributed by atoms with Gasteiger partial charge in [0.15, 0.2) is 0 Å². The second-order valence-corrected chi connectivity index (χ2v) is 21.8. The third kappa shape index (κ3) is 25.4. The lowest BCUT2D eigenvalue weighted by atomic mass is 9.47. The van der Waals surface area contributed by atoms with Crippen LogP contribution < -0.4 is 5.32 Å². The van der Waals surface area contributed by atoms with Crippen molar-refractivity contribution in [2.45, 2.75) is 118 Å². The number of esters is 1. The van der Waals surface area contributed by atoms with E-state index in [2.05, 4.69) is 61.9 Å². The lowest BCUT2D eigenvalue weighted by Gasteiger charge is -2.58. The summed E-state index contributed by atoms with van der Waals surface area (Å²) in [5.74, 6) is 4.76. The van der Waals surface area contributed by atoms with Crippen LogP contribution in [-0.4, -0.2) is 188 Å². The molecule has 0 radical (unpaired) electrons. The van der Waals surface area contributed by atoms with Gasteiger partial charge in [-0.05, 0) is 91.3 Å². The van der Waals surface area contributed by atoms with Crippen LogP contribution in [0.5, 0.6) is 0 Å². The fraction of sp³-hybridized carbons (Fsp3) is 0.929. The zero-order chi connectivity index (χ0) is 52.3. The Kier molecular flexibility index (Phi) is 34.4. The van der Waals surface area contributed by atoms with Gasteiger partial charge >= 0.3 is 5.97 Å². The van der Waals surface area contributed by atoms with E-state index < -0.39 is 0 Å². The summed E-state index contributed by atoms with van der Waals surface area (Å²) in [4.78, 5) is 23.9. The van der Waals surface area contributed by atoms with Gasteiger partial charge in [0.05, 0.1) is 170 Å². The van der Waals surface area contributed by atoms with E-state index in [0.717, 1.165) is 54.8 Å². The number of hydrogen-bond donors (Lipinski definition) is 1. The van der Waals surface area contributed by atoms with Crippen LogP contribution in [0.3, 0.4) is 0 Å². The first-order valence-corrected chi connectivity index (χ1v) is 29.3. The predicted octanol–water partition coefficient (Wildman–Crippen LogP) is 8.04. The molecule has 0 aliphatic heterocycles. The second-order valence-electron chi connectivity index (χ2n) is 21.2. The second kappa shape index (κ2) is 39.1. The number of amides is 1. The molecule has 73 heavy (non-hydrogen) atoms. The molecule has 3 fully saturated rings. The summed E-state index contributed by atoms with van der Waals surface area (Å²) in [7, 11) is 0. The number of nitrogens with one attached hydrogen (secondary N) is 1. The minimum Gasteiger partial charge on any atom is -0.462 e. The number of ether oxygens (including phenoxy) is 13. The topological polar surface area (TPSA) is 166 Å². The molecule has 0 saturated heterocycles. The van der Waals surface area contributed by atoms with Crippen LogP contribution in [0.4, 0.5) is 0 Å². The number of carbonyl (C=O) groups excluding carboxylic acids is 2. The number of alkyl halides is 1. The minimum absolute atomic E-state index is 0.0175. The molecule has 4 rings (SSSR count). The smallest absolute Gasteiger partial charge is 0.308 e. The number of hydrogen-bond acceptors (Lipinski definition) is 15. The van der Waals surface area contributed by atoms with E-state index in [1.54, 1.807) is 5.57 Å². The average molecular weight is 1110 g/mol. The van der Waals surface area contributed by atoms with Gasteiger partial charge in [-0.2, -0.15) is 0 Å². The van der Waals surface area contributed by atoms with Gasteiger partial charge < -0.3 is 66.9 Å². The molecule has 0 aromatic rings. The molecule has 1 N–H and O–H groups in total. The monoisotopic (exact) mass is 1110 g/mol. The van der Waals surface area contributed by atoms with Crippen molar-refractivity contribution in [3.8, 4) is 0 Å². The van der Waals surface area contributed by atoms with Crippen molar-refractivity contribution in [2.24, 2.45) is 46.3 Å². The first-order valence-electron chi connectivity index (χ1n) is 28.2. The molecule has 1 unspecified atom stereocenters. The van der Waals surface area contributed by atoms with Gasteiger partial charge in [0, 0.05) is 13.0 Å². The maximum Gasteiger partial charge on any atom is 0.308 e. The molecule has 426 valence electrons. The van der Waals surface area contributed by atoms with Crippen LogP contribution in [0.2, 0.25) is 0 Å². The van der Waals surface area contributed by atoms with Crippen LogP contribution in [0, 0.1) is 46.3 Å². The van der Waals surface area contributed by atoms with E-state index in [-0.39, 0.29) is 29.8 Å². The van der Waals surface area contributed by atoms with Crippen molar-refractivity contribution in [2.75, 3.05) is 170 Å². The van der Waals surface area contributed by atoms with Crippen molar-refractivity contribution in [1.82, 2.24) is 5.32 Å². The Morgan fingerprint density at radius 3 is 1.48 bits per heavy atom. The standard InChI is InChI=1S/C56H100BrNO15/c1-45(2)7-6-8-46(3)50-11-12-51-49-10-9-47-43-48(13-16-55(47,4)52(49)14-17-56(50,51)5)73-54(60)15-19-61-21-23-63-25-27-65-29-31-67-33-35-69-37-39-71-41-42-72-40-38-70-36-34-68-32-30-66-28-26-64-24-22-62-20-18-58-53(59)44-57/h9,45-46,48-52H,6-8,10-44H2,1-5H3,(H,58,59)/t46-,48?,49+,50-,51+,52+,55+,56-/m1/s1. The van der Waals surface area contributed by atoms with Crippen molar-refractivity contribution in [1.29, 1.82) is 0 Å². The molecule has 16 nitrogen and oxygen atoms in total. The Hall–Kier alpha value is -1.32. The molecule has 17 heteroatoms. The number of allylic oxidation sites excluding steroid dienone is 1. The van der Waals surface area contributed by atoms with Crippen LogP contribution >= 0.6 is 15.9 Å². The highest BCUT2D eigenvalue weighted by Gasteiger charge is 2.59. The Morgan fingerprint density at radius 1 is 0.575 bits per heavy atom. The van der Waals surface area contributed by atoms with Crippen molar-refractivity contribution < 1.29 is 71.2 Å². The van der Waals surface area contributed by atoms with Crippen LogP contribution in [0.25, 0.3) is 0 Å². The van der Waals surface area contributed by atoms with E-state index in [4.69, 9.17) is 61.6 Å². The Labute approximate surface area is 448 Å². The maximum absolute atomic E-state index is 12.8.